The minimum Gasteiger partial charge on any atom is -0.497 e. The number of rotatable bonds is 5. The summed E-state index contributed by atoms with van der Waals surface area (Å²) in [7, 11) is 1.70. The molecule has 3 aromatic rings. The predicted octanol–water partition coefficient (Wildman–Crippen LogP) is 4.82. The number of methoxy groups -OCH3 is 1. The average Bonchev–Trinajstić information content (AvgIpc) is 3.26. The van der Waals surface area contributed by atoms with Crippen LogP contribution in [-0.4, -0.2) is 65.7 Å². The van der Waals surface area contributed by atoms with Gasteiger partial charge in [0.25, 0.3) is 5.91 Å². The van der Waals surface area contributed by atoms with Crippen molar-refractivity contribution in [1.82, 2.24) is 9.80 Å². The summed E-state index contributed by atoms with van der Waals surface area (Å²) in [6.07, 6.45) is 3.39. The van der Waals surface area contributed by atoms with Gasteiger partial charge in [-0.25, -0.2) is 0 Å². The van der Waals surface area contributed by atoms with Crippen LogP contribution in [0.5, 0.6) is 5.75 Å². The van der Waals surface area contributed by atoms with Gasteiger partial charge in [-0.3, -0.25) is 9.69 Å². The first-order valence-corrected chi connectivity index (χ1v) is 13.7. The van der Waals surface area contributed by atoms with E-state index in [4.69, 9.17) is 4.74 Å². The molecular weight excluding hydrogens is 462 g/mol. The molecule has 0 aromatic heterocycles. The number of aliphatic hydroxyl groups excluding tert-OH is 1. The summed E-state index contributed by atoms with van der Waals surface area (Å²) in [6, 6.07) is 19.3. The Labute approximate surface area is 219 Å². The van der Waals surface area contributed by atoms with Gasteiger partial charge in [-0.1, -0.05) is 37.1 Å². The molecule has 1 unspecified atom stereocenters. The number of fused-ring (bicyclic) bond motifs is 3. The molecule has 37 heavy (non-hydrogen) atoms. The third-order valence-electron chi connectivity index (χ3n) is 8.73. The number of carbonyl (C=O) groups excluding carboxylic acids is 1. The lowest BCUT2D eigenvalue weighted by atomic mass is 9.91. The summed E-state index contributed by atoms with van der Waals surface area (Å²) in [5.74, 6) is 0.968. The Morgan fingerprint density at radius 2 is 1.76 bits per heavy atom. The zero-order valence-electron chi connectivity index (χ0n) is 21.9. The van der Waals surface area contributed by atoms with Crippen molar-refractivity contribution < 1.29 is 14.6 Å². The van der Waals surface area contributed by atoms with Gasteiger partial charge in [-0.05, 0) is 72.0 Å². The molecule has 1 saturated heterocycles. The lowest BCUT2D eigenvalue weighted by molar-refractivity contribution is 0.0192. The van der Waals surface area contributed by atoms with Crippen molar-refractivity contribution in [2.75, 3.05) is 31.6 Å². The monoisotopic (exact) mass is 499 g/mol. The average molecular weight is 500 g/mol. The number of carbonyl (C=O) groups is 1. The van der Waals surface area contributed by atoms with E-state index in [0.717, 1.165) is 68.7 Å². The lowest BCUT2D eigenvalue weighted by Gasteiger charge is -2.41. The molecule has 0 spiro atoms. The highest BCUT2D eigenvalue weighted by Crippen LogP contribution is 2.37. The van der Waals surface area contributed by atoms with E-state index in [-0.39, 0.29) is 11.9 Å². The maximum atomic E-state index is 13.6. The van der Waals surface area contributed by atoms with Gasteiger partial charge >= 0.3 is 0 Å². The summed E-state index contributed by atoms with van der Waals surface area (Å²) in [6.45, 7) is 6.61. The fraction of sp³-hybridized carbons (Fsp3) is 0.452. The third-order valence-corrected chi connectivity index (χ3v) is 8.73. The van der Waals surface area contributed by atoms with Crippen LogP contribution in [0.3, 0.4) is 0 Å². The minimum atomic E-state index is -0.416. The maximum absolute atomic E-state index is 13.6. The number of hydrogen-bond acceptors (Lipinski definition) is 5. The largest absolute Gasteiger partial charge is 0.497 e. The van der Waals surface area contributed by atoms with Crippen LogP contribution in [-0.2, 0) is 13.1 Å². The topological polar surface area (TPSA) is 56.3 Å². The number of nitrogens with zero attached hydrogens (tertiary/aromatic N) is 3. The van der Waals surface area contributed by atoms with Crippen molar-refractivity contribution in [3.05, 3.63) is 71.3 Å². The second kappa shape index (κ2) is 9.99. The first-order valence-electron chi connectivity index (χ1n) is 13.7. The zero-order chi connectivity index (χ0) is 25.5. The van der Waals surface area contributed by atoms with E-state index in [9.17, 15) is 9.90 Å². The van der Waals surface area contributed by atoms with Crippen molar-refractivity contribution in [1.29, 1.82) is 0 Å². The van der Waals surface area contributed by atoms with Gasteiger partial charge in [0, 0.05) is 50.0 Å². The fourth-order valence-electron chi connectivity index (χ4n) is 6.60. The molecule has 0 bridgehead atoms. The van der Waals surface area contributed by atoms with Gasteiger partial charge in [-0.15, -0.1) is 0 Å². The number of benzene rings is 3. The summed E-state index contributed by atoms with van der Waals surface area (Å²) in [5.41, 5.74) is 4.40. The molecule has 3 aromatic carbocycles. The normalized spacial score (nSPS) is 24.5. The van der Waals surface area contributed by atoms with Gasteiger partial charge < -0.3 is 19.6 Å². The Balaban J connectivity index is 1.24. The van der Waals surface area contributed by atoms with E-state index in [1.165, 1.54) is 22.0 Å². The van der Waals surface area contributed by atoms with Crippen LogP contribution in [0.25, 0.3) is 10.8 Å². The van der Waals surface area contributed by atoms with E-state index in [1.54, 1.807) is 7.11 Å². The van der Waals surface area contributed by atoms with Crippen molar-refractivity contribution >= 4 is 22.4 Å². The zero-order valence-corrected chi connectivity index (χ0v) is 21.9. The predicted molar refractivity (Wildman–Crippen MR) is 147 cm³/mol. The molecule has 3 atom stereocenters. The Bertz CT molecular complexity index is 1290. The van der Waals surface area contributed by atoms with Crippen LogP contribution in [0.2, 0.25) is 0 Å². The van der Waals surface area contributed by atoms with E-state index >= 15 is 0 Å². The molecule has 1 saturated carbocycles. The molecule has 1 aliphatic carbocycles. The quantitative estimate of drug-likeness (QED) is 0.546. The molecule has 2 heterocycles. The molecule has 1 N–H and O–H groups in total. The Morgan fingerprint density at radius 3 is 2.49 bits per heavy atom. The molecule has 2 fully saturated rings. The number of amides is 1. The Morgan fingerprint density at radius 1 is 1.00 bits per heavy atom. The molecule has 2 aliphatic heterocycles. The number of piperazine rings is 1. The molecule has 6 rings (SSSR count). The van der Waals surface area contributed by atoms with Crippen LogP contribution < -0.4 is 9.64 Å². The van der Waals surface area contributed by atoms with Crippen LogP contribution in [0, 0.1) is 0 Å². The summed E-state index contributed by atoms with van der Waals surface area (Å²) in [4.78, 5) is 20.6. The Kier molecular flexibility index (Phi) is 6.55. The van der Waals surface area contributed by atoms with E-state index in [1.807, 2.05) is 17.0 Å². The van der Waals surface area contributed by atoms with E-state index < -0.39 is 6.10 Å². The van der Waals surface area contributed by atoms with E-state index in [0.29, 0.717) is 12.6 Å². The van der Waals surface area contributed by atoms with Gasteiger partial charge in [0.2, 0.25) is 0 Å². The lowest BCUT2D eigenvalue weighted by Crippen LogP contribution is -2.51. The number of anilines is 1. The standard InChI is InChI=1S/C31H37N3O3/c1-21-18-33(23-11-13-24(37-2)14-12-23)16-15-32(21)19-22-17-27-28(26-8-4-3-7-25(22)26)20-34(31(27)36)29-9-5-6-10-30(29)35/h3-4,7-8,11-14,17,21,29-30,35H,5-6,9-10,15-16,18-20H2,1-2H3/t21?,29-,30-/m0/s1. The highest BCUT2D eigenvalue weighted by Gasteiger charge is 2.38. The van der Waals surface area contributed by atoms with Crippen molar-refractivity contribution in [2.45, 2.75) is 63.9 Å². The maximum Gasteiger partial charge on any atom is 0.254 e. The van der Waals surface area contributed by atoms with Gasteiger partial charge in [0.05, 0.1) is 19.3 Å². The van der Waals surface area contributed by atoms with Crippen LogP contribution in [0.4, 0.5) is 5.69 Å². The highest BCUT2D eigenvalue weighted by molar-refractivity contribution is 6.05. The highest BCUT2D eigenvalue weighted by atomic mass is 16.5. The number of hydrogen-bond donors (Lipinski definition) is 1. The van der Waals surface area contributed by atoms with Gasteiger partial charge in [-0.2, -0.15) is 0 Å². The summed E-state index contributed by atoms with van der Waals surface area (Å²) in [5, 5.41) is 13.1. The van der Waals surface area contributed by atoms with Crippen LogP contribution in [0.1, 0.15) is 54.1 Å². The smallest absolute Gasteiger partial charge is 0.254 e. The second-order valence-corrected chi connectivity index (χ2v) is 10.9. The van der Waals surface area contributed by atoms with Crippen molar-refractivity contribution in [3.8, 4) is 5.75 Å². The Hall–Kier alpha value is -3.09. The molecule has 6 nitrogen and oxygen atoms in total. The van der Waals surface area contributed by atoms with Crippen molar-refractivity contribution in [2.24, 2.45) is 0 Å². The summed E-state index contributed by atoms with van der Waals surface area (Å²) >= 11 is 0. The molecule has 6 heteroatoms. The SMILES string of the molecule is COc1ccc(N2CCN(Cc3cc4c(c5ccccc35)CN([C@H]3CCCC[C@@H]3O)C4=O)C(C)C2)cc1. The van der Waals surface area contributed by atoms with Crippen molar-refractivity contribution in [3.63, 3.8) is 0 Å². The van der Waals surface area contributed by atoms with Crippen LogP contribution >= 0.6 is 0 Å². The molecular formula is C31H37N3O3. The second-order valence-electron chi connectivity index (χ2n) is 10.9. The third kappa shape index (κ3) is 4.47. The van der Waals surface area contributed by atoms with Gasteiger partial charge in [0.15, 0.2) is 0 Å². The molecule has 1 amide bonds. The molecule has 3 aliphatic rings. The summed E-state index contributed by atoms with van der Waals surface area (Å²) < 4.78 is 5.32. The number of aliphatic hydroxyl groups is 1. The fourth-order valence-corrected chi connectivity index (χ4v) is 6.60. The van der Waals surface area contributed by atoms with Gasteiger partial charge in [0.1, 0.15) is 5.75 Å². The molecule has 0 radical (unpaired) electrons. The first kappa shape index (κ1) is 24.3. The number of ether oxygens (including phenoxy) is 1. The minimum absolute atomic E-state index is 0.0677. The van der Waals surface area contributed by atoms with Crippen LogP contribution in [0.15, 0.2) is 54.6 Å². The van der Waals surface area contributed by atoms with E-state index in [2.05, 4.69) is 59.2 Å². The molecule has 194 valence electrons. The first-order chi connectivity index (χ1) is 18.0.